The Bertz CT molecular complexity index is 288. The van der Waals surface area contributed by atoms with Gasteiger partial charge >= 0.3 is 5.97 Å². The minimum absolute atomic E-state index is 0.309. The third-order valence-electron chi connectivity index (χ3n) is 2.62. The molecule has 0 radical (unpaired) electrons. The summed E-state index contributed by atoms with van der Waals surface area (Å²) in [4.78, 5) is 11.8. The average molecular weight is 209 g/mol. The number of carbonyl (C=O) groups is 1. The number of hydrogen-bond acceptors (Lipinski definition) is 3. The maximum atomic E-state index is 11.8. The van der Waals surface area contributed by atoms with Crippen LogP contribution in [0.4, 0.5) is 0 Å². The quantitative estimate of drug-likeness (QED) is 0.516. The zero-order valence-electron chi connectivity index (χ0n) is 9.96. The highest BCUT2D eigenvalue weighted by molar-refractivity contribution is 5.83. The van der Waals surface area contributed by atoms with Gasteiger partial charge in [0.2, 0.25) is 0 Å². The SMILES string of the molecule is C/C=C(/CC)[C@](C#N)(CC)C(=O)OCC. The van der Waals surface area contributed by atoms with Crippen LogP contribution in [0.2, 0.25) is 0 Å². The van der Waals surface area contributed by atoms with Gasteiger partial charge in [-0.1, -0.05) is 19.9 Å². The molecule has 0 amide bonds. The first kappa shape index (κ1) is 13.7. The fraction of sp³-hybridized carbons (Fsp3) is 0.667. The highest BCUT2D eigenvalue weighted by atomic mass is 16.5. The predicted molar refractivity (Wildman–Crippen MR) is 59.0 cm³/mol. The van der Waals surface area contributed by atoms with E-state index in [-0.39, 0.29) is 0 Å². The fourth-order valence-corrected chi connectivity index (χ4v) is 1.71. The monoisotopic (exact) mass is 209 g/mol. The molecule has 0 saturated carbocycles. The van der Waals surface area contributed by atoms with E-state index in [0.717, 1.165) is 5.57 Å². The number of rotatable bonds is 5. The number of nitriles is 1. The number of nitrogens with zero attached hydrogens (tertiary/aromatic N) is 1. The normalized spacial score (nSPS) is 15.3. The van der Waals surface area contributed by atoms with Gasteiger partial charge in [-0.25, -0.2) is 4.79 Å². The summed E-state index contributed by atoms with van der Waals surface area (Å²) in [5.74, 6) is -0.426. The molecule has 0 aromatic rings. The summed E-state index contributed by atoms with van der Waals surface area (Å²) < 4.78 is 4.97. The van der Waals surface area contributed by atoms with E-state index < -0.39 is 11.4 Å². The van der Waals surface area contributed by atoms with Crippen molar-refractivity contribution in [2.45, 2.75) is 40.5 Å². The van der Waals surface area contributed by atoms with Crippen molar-refractivity contribution in [3.05, 3.63) is 11.6 Å². The second-order valence-electron chi connectivity index (χ2n) is 3.26. The van der Waals surface area contributed by atoms with Gasteiger partial charge in [-0.2, -0.15) is 5.26 Å². The molecule has 0 aliphatic carbocycles. The smallest absolute Gasteiger partial charge is 0.330 e. The predicted octanol–water partition coefficient (Wildman–Crippen LogP) is 2.83. The lowest BCUT2D eigenvalue weighted by Gasteiger charge is -2.25. The van der Waals surface area contributed by atoms with E-state index in [1.807, 2.05) is 26.8 Å². The van der Waals surface area contributed by atoms with E-state index in [1.54, 1.807) is 6.92 Å². The van der Waals surface area contributed by atoms with Crippen LogP contribution in [0, 0.1) is 16.7 Å². The maximum absolute atomic E-state index is 11.8. The Morgan fingerprint density at radius 2 is 2.07 bits per heavy atom. The van der Waals surface area contributed by atoms with Gasteiger partial charge in [-0.3, -0.25) is 0 Å². The first-order valence-corrected chi connectivity index (χ1v) is 5.36. The average Bonchev–Trinajstić information content (AvgIpc) is 2.26. The standard InChI is InChI=1S/C12H19NO2/c1-5-10(6-2)12(7-3,9-13)11(14)15-8-4/h5H,6-8H2,1-4H3/b10-5-/t12-/m1/s1. The Morgan fingerprint density at radius 1 is 1.47 bits per heavy atom. The van der Waals surface area contributed by atoms with Crippen LogP contribution in [0.5, 0.6) is 0 Å². The lowest BCUT2D eigenvalue weighted by atomic mass is 9.77. The zero-order valence-corrected chi connectivity index (χ0v) is 9.96. The summed E-state index contributed by atoms with van der Waals surface area (Å²) in [6.45, 7) is 7.68. The summed E-state index contributed by atoms with van der Waals surface area (Å²) in [6, 6.07) is 2.11. The molecule has 3 nitrogen and oxygen atoms in total. The molecule has 1 atom stereocenters. The van der Waals surface area contributed by atoms with Crippen molar-refractivity contribution in [3.63, 3.8) is 0 Å². The Balaban J connectivity index is 5.24. The third kappa shape index (κ3) is 2.59. The topological polar surface area (TPSA) is 50.1 Å². The van der Waals surface area contributed by atoms with Crippen LogP contribution in [0.25, 0.3) is 0 Å². The van der Waals surface area contributed by atoms with Gasteiger partial charge in [-0.05, 0) is 32.3 Å². The molecule has 0 spiro atoms. The van der Waals surface area contributed by atoms with E-state index in [0.29, 0.717) is 19.4 Å². The summed E-state index contributed by atoms with van der Waals surface area (Å²) in [6.07, 6.45) is 2.98. The van der Waals surface area contributed by atoms with Gasteiger partial charge in [0.15, 0.2) is 5.41 Å². The second-order valence-corrected chi connectivity index (χ2v) is 3.26. The Morgan fingerprint density at radius 3 is 2.33 bits per heavy atom. The van der Waals surface area contributed by atoms with Crippen LogP contribution < -0.4 is 0 Å². The first-order valence-electron chi connectivity index (χ1n) is 5.36. The lowest BCUT2D eigenvalue weighted by Crippen LogP contribution is -2.33. The van der Waals surface area contributed by atoms with Crippen LogP contribution in [-0.2, 0) is 9.53 Å². The fourth-order valence-electron chi connectivity index (χ4n) is 1.71. The van der Waals surface area contributed by atoms with E-state index >= 15 is 0 Å². The summed E-state index contributed by atoms with van der Waals surface area (Å²) in [5, 5.41) is 9.21. The molecule has 0 N–H and O–H groups in total. The van der Waals surface area contributed by atoms with Gasteiger partial charge in [0, 0.05) is 0 Å². The molecule has 0 unspecified atom stereocenters. The van der Waals surface area contributed by atoms with Crippen molar-refractivity contribution in [3.8, 4) is 6.07 Å². The number of hydrogen-bond donors (Lipinski definition) is 0. The molecule has 0 aliphatic rings. The van der Waals surface area contributed by atoms with Crippen molar-refractivity contribution < 1.29 is 9.53 Å². The summed E-state index contributed by atoms with van der Waals surface area (Å²) in [5.41, 5.74) is -0.245. The van der Waals surface area contributed by atoms with Crippen LogP contribution in [0.3, 0.4) is 0 Å². The molecule has 0 heterocycles. The van der Waals surface area contributed by atoms with E-state index in [9.17, 15) is 10.1 Å². The number of esters is 1. The molecule has 0 saturated heterocycles. The van der Waals surface area contributed by atoms with Gasteiger partial charge in [0.1, 0.15) is 0 Å². The lowest BCUT2D eigenvalue weighted by molar-refractivity contribution is -0.150. The Hall–Kier alpha value is -1.30. The first-order chi connectivity index (χ1) is 7.12. The number of ether oxygens (including phenoxy) is 1. The summed E-state index contributed by atoms with van der Waals surface area (Å²) in [7, 11) is 0. The minimum Gasteiger partial charge on any atom is -0.465 e. The van der Waals surface area contributed by atoms with Crippen LogP contribution in [0.1, 0.15) is 40.5 Å². The molecular weight excluding hydrogens is 190 g/mol. The van der Waals surface area contributed by atoms with E-state index in [1.165, 1.54) is 0 Å². The largest absolute Gasteiger partial charge is 0.465 e. The van der Waals surface area contributed by atoms with Crippen molar-refractivity contribution in [2.24, 2.45) is 5.41 Å². The zero-order chi connectivity index (χ0) is 11.9. The van der Waals surface area contributed by atoms with E-state index in [2.05, 4.69) is 6.07 Å². The van der Waals surface area contributed by atoms with Crippen LogP contribution >= 0.6 is 0 Å². The molecule has 3 heteroatoms. The second kappa shape index (κ2) is 6.23. The van der Waals surface area contributed by atoms with Gasteiger partial charge < -0.3 is 4.74 Å². The van der Waals surface area contributed by atoms with E-state index in [4.69, 9.17) is 4.74 Å². The molecule has 15 heavy (non-hydrogen) atoms. The Labute approximate surface area is 91.7 Å². The van der Waals surface area contributed by atoms with Crippen LogP contribution in [0.15, 0.2) is 11.6 Å². The van der Waals surface area contributed by atoms with Gasteiger partial charge in [-0.15, -0.1) is 0 Å². The highest BCUT2D eigenvalue weighted by Gasteiger charge is 2.41. The third-order valence-corrected chi connectivity index (χ3v) is 2.62. The molecule has 0 aliphatic heterocycles. The molecular formula is C12H19NO2. The van der Waals surface area contributed by atoms with Crippen molar-refractivity contribution in [1.82, 2.24) is 0 Å². The number of allylic oxidation sites excluding steroid dienone is 1. The highest BCUT2D eigenvalue weighted by Crippen LogP contribution is 2.34. The maximum Gasteiger partial charge on any atom is 0.330 e. The van der Waals surface area contributed by atoms with Crippen molar-refractivity contribution >= 4 is 5.97 Å². The van der Waals surface area contributed by atoms with Crippen LogP contribution in [-0.4, -0.2) is 12.6 Å². The Kier molecular flexibility index (Phi) is 5.69. The molecule has 0 rings (SSSR count). The number of carbonyl (C=O) groups excluding carboxylic acids is 1. The van der Waals surface area contributed by atoms with Gasteiger partial charge in [0.05, 0.1) is 12.7 Å². The minimum atomic E-state index is -1.08. The molecule has 0 fully saturated rings. The molecule has 0 bridgehead atoms. The van der Waals surface area contributed by atoms with Gasteiger partial charge in [0.25, 0.3) is 0 Å². The molecule has 84 valence electrons. The van der Waals surface area contributed by atoms with Crippen molar-refractivity contribution in [1.29, 1.82) is 5.26 Å². The van der Waals surface area contributed by atoms with Crippen molar-refractivity contribution in [2.75, 3.05) is 6.61 Å². The summed E-state index contributed by atoms with van der Waals surface area (Å²) >= 11 is 0. The molecule has 0 aromatic heterocycles. The molecule has 0 aromatic carbocycles.